The van der Waals surface area contributed by atoms with Gasteiger partial charge in [0.05, 0.1) is 23.1 Å². The molecule has 2 aromatic rings. The Kier molecular flexibility index (Phi) is 6.06. The average molecular weight is 414 g/mol. The van der Waals surface area contributed by atoms with Crippen LogP contribution in [0.25, 0.3) is 5.69 Å². The van der Waals surface area contributed by atoms with E-state index in [9.17, 15) is 4.79 Å². The number of halogens is 2. The quantitative estimate of drug-likeness (QED) is 0.822. The molecule has 1 aromatic carbocycles. The van der Waals surface area contributed by atoms with Crippen LogP contribution in [0.3, 0.4) is 0 Å². The summed E-state index contributed by atoms with van der Waals surface area (Å²) in [5.41, 5.74) is 2.50. The van der Waals surface area contributed by atoms with E-state index in [0.717, 1.165) is 28.9 Å². The van der Waals surface area contributed by atoms with Gasteiger partial charge in [-0.15, -0.1) is 12.4 Å². The van der Waals surface area contributed by atoms with Gasteiger partial charge in [0.2, 0.25) is 0 Å². The Hall–Kier alpha value is -1.37. The minimum atomic E-state index is 0. The van der Waals surface area contributed by atoms with Crippen molar-refractivity contribution in [2.45, 2.75) is 32.9 Å². The van der Waals surface area contributed by atoms with Gasteiger partial charge >= 0.3 is 0 Å². The molecule has 0 spiro atoms. The van der Waals surface area contributed by atoms with E-state index < -0.39 is 0 Å². The number of amides is 1. The number of nitrogens with zero attached hydrogens (tertiary/aromatic N) is 3. The lowest BCUT2D eigenvalue weighted by atomic mass is 10.1. The van der Waals surface area contributed by atoms with Crippen LogP contribution in [0, 0.1) is 6.92 Å². The molecule has 0 aliphatic carbocycles. The number of carbonyl (C=O) groups is 1. The summed E-state index contributed by atoms with van der Waals surface area (Å²) >= 11 is 3.43. The average Bonchev–Trinajstić information content (AvgIpc) is 2.92. The minimum absolute atomic E-state index is 0. The SMILES string of the molecule is Cc1c(C(=O)N2CCNC(C)C2C)cnn1-c1ccc(Br)cc1.Cl. The molecule has 1 aromatic heterocycles. The Morgan fingerprint density at radius 1 is 1.29 bits per heavy atom. The zero-order valence-electron chi connectivity index (χ0n) is 14.0. The second-order valence-electron chi connectivity index (χ2n) is 6.01. The minimum Gasteiger partial charge on any atom is -0.333 e. The fourth-order valence-electron chi connectivity index (χ4n) is 2.96. The van der Waals surface area contributed by atoms with E-state index in [2.05, 4.69) is 40.2 Å². The summed E-state index contributed by atoms with van der Waals surface area (Å²) in [5, 5.41) is 7.81. The molecular weight excluding hydrogens is 392 g/mol. The molecule has 1 saturated heterocycles. The van der Waals surface area contributed by atoms with Crippen molar-refractivity contribution in [3.05, 3.63) is 46.2 Å². The molecular formula is C17H22BrClN4O. The zero-order valence-corrected chi connectivity index (χ0v) is 16.4. The number of aromatic nitrogens is 2. The number of carbonyl (C=O) groups excluding carboxylic acids is 1. The zero-order chi connectivity index (χ0) is 16.6. The van der Waals surface area contributed by atoms with E-state index in [0.29, 0.717) is 11.6 Å². The number of hydrogen-bond donors (Lipinski definition) is 1. The molecule has 2 atom stereocenters. The molecule has 2 unspecified atom stereocenters. The predicted octanol–water partition coefficient (Wildman–Crippen LogP) is 3.19. The maximum absolute atomic E-state index is 12.9. The summed E-state index contributed by atoms with van der Waals surface area (Å²) in [6, 6.07) is 8.37. The molecule has 1 amide bonds. The summed E-state index contributed by atoms with van der Waals surface area (Å²) in [6.45, 7) is 7.70. The highest BCUT2D eigenvalue weighted by Crippen LogP contribution is 2.20. The van der Waals surface area contributed by atoms with Crippen molar-refractivity contribution in [2.24, 2.45) is 0 Å². The Bertz CT molecular complexity index is 716. The molecule has 0 saturated carbocycles. The molecule has 2 heterocycles. The highest BCUT2D eigenvalue weighted by atomic mass is 79.9. The maximum atomic E-state index is 12.9. The lowest BCUT2D eigenvalue weighted by Crippen LogP contribution is -2.57. The summed E-state index contributed by atoms with van der Waals surface area (Å²) in [6.07, 6.45) is 1.68. The summed E-state index contributed by atoms with van der Waals surface area (Å²) in [7, 11) is 0. The van der Waals surface area contributed by atoms with Gasteiger partial charge in [-0.25, -0.2) is 4.68 Å². The molecule has 1 N–H and O–H groups in total. The topological polar surface area (TPSA) is 50.2 Å². The van der Waals surface area contributed by atoms with Gasteiger partial charge in [-0.05, 0) is 45.0 Å². The van der Waals surface area contributed by atoms with Crippen LogP contribution in [0.15, 0.2) is 34.9 Å². The number of rotatable bonds is 2. The summed E-state index contributed by atoms with van der Waals surface area (Å²) in [5.74, 6) is 0.0618. The molecule has 24 heavy (non-hydrogen) atoms. The number of piperazine rings is 1. The van der Waals surface area contributed by atoms with Gasteiger partial charge in [-0.1, -0.05) is 15.9 Å². The fourth-order valence-corrected chi connectivity index (χ4v) is 3.22. The van der Waals surface area contributed by atoms with Crippen LogP contribution in [0.5, 0.6) is 0 Å². The van der Waals surface area contributed by atoms with Crippen LogP contribution in [-0.4, -0.2) is 45.8 Å². The van der Waals surface area contributed by atoms with Gasteiger partial charge in [0.15, 0.2) is 0 Å². The van der Waals surface area contributed by atoms with Crippen LogP contribution < -0.4 is 5.32 Å². The Balaban J connectivity index is 0.00000208. The van der Waals surface area contributed by atoms with Gasteiger partial charge in [0, 0.05) is 29.6 Å². The van der Waals surface area contributed by atoms with Crippen molar-refractivity contribution in [1.82, 2.24) is 20.0 Å². The molecule has 130 valence electrons. The third-order valence-corrected chi connectivity index (χ3v) is 5.14. The Morgan fingerprint density at radius 3 is 2.62 bits per heavy atom. The second-order valence-corrected chi connectivity index (χ2v) is 6.93. The molecule has 3 rings (SSSR count). The van der Waals surface area contributed by atoms with Crippen LogP contribution in [0.1, 0.15) is 29.9 Å². The van der Waals surface area contributed by atoms with E-state index in [1.165, 1.54) is 0 Å². The fraction of sp³-hybridized carbons (Fsp3) is 0.412. The summed E-state index contributed by atoms with van der Waals surface area (Å²) in [4.78, 5) is 14.9. The molecule has 1 aliphatic heterocycles. The number of hydrogen-bond acceptors (Lipinski definition) is 3. The van der Waals surface area contributed by atoms with Crippen LogP contribution in [0.2, 0.25) is 0 Å². The van der Waals surface area contributed by atoms with Gasteiger partial charge in [-0.2, -0.15) is 5.10 Å². The molecule has 5 nitrogen and oxygen atoms in total. The van der Waals surface area contributed by atoms with Crippen molar-refractivity contribution in [2.75, 3.05) is 13.1 Å². The molecule has 1 aliphatic rings. The first-order valence-electron chi connectivity index (χ1n) is 7.84. The highest BCUT2D eigenvalue weighted by molar-refractivity contribution is 9.10. The third-order valence-electron chi connectivity index (χ3n) is 4.61. The van der Waals surface area contributed by atoms with Crippen LogP contribution in [0.4, 0.5) is 0 Å². The van der Waals surface area contributed by atoms with Crippen LogP contribution >= 0.6 is 28.3 Å². The standard InChI is InChI=1S/C17H21BrN4O.ClH/c1-11-12(2)21(9-8-19-11)17(23)16-10-20-22(13(16)3)15-6-4-14(18)5-7-15;/h4-7,10-12,19H,8-9H2,1-3H3;1H. The third kappa shape index (κ3) is 3.50. The molecule has 7 heteroatoms. The number of nitrogens with one attached hydrogen (secondary N) is 1. The largest absolute Gasteiger partial charge is 0.333 e. The monoisotopic (exact) mass is 412 g/mol. The first-order chi connectivity index (χ1) is 11.0. The molecule has 0 bridgehead atoms. The Morgan fingerprint density at radius 2 is 1.96 bits per heavy atom. The van der Waals surface area contributed by atoms with Crippen molar-refractivity contribution in [3.63, 3.8) is 0 Å². The molecule has 0 radical (unpaired) electrons. The van der Waals surface area contributed by atoms with Crippen molar-refractivity contribution < 1.29 is 4.79 Å². The summed E-state index contributed by atoms with van der Waals surface area (Å²) < 4.78 is 2.83. The van der Waals surface area contributed by atoms with Crippen molar-refractivity contribution >= 4 is 34.2 Å². The van der Waals surface area contributed by atoms with Gasteiger partial charge in [0.1, 0.15) is 0 Å². The van der Waals surface area contributed by atoms with Gasteiger partial charge < -0.3 is 10.2 Å². The normalized spacial score (nSPS) is 20.6. The van der Waals surface area contributed by atoms with Crippen molar-refractivity contribution in [3.8, 4) is 5.69 Å². The second kappa shape index (κ2) is 7.68. The van der Waals surface area contributed by atoms with Crippen molar-refractivity contribution in [1.29, 1.82) is 0 Å². The molecule has 1 fully saturated rings. The van der Waals surface area contributed by atoms with Crippen LogP contribution in [-0.2, 0) is 0 Å². The lowest BCUT2D eigenvalue weighted by molar-refractivity contribution is 0.0602. The first kappa shape index (κ1) is 19.0. The smallest absolute Gasteiger partial charge is 0.257 e. The van der Waals surface area contributed by atoms with E-state index in [-0.39, 0.29) is 24.4 Å². The van der Waals surface area contributed by atoms with Gasteiger partial charge in [0.25, 0.3) is 5.91 Å². The Labute approximate surface area is 157 Å². The van der Waals surface area contributed by atoms with E-state index in [1.54, 1.807) is 6.20 Å². The lowest BCUT2D eigenvalue weighted by Gasteiger charge is -2.38. The maximum Gasteiger partial charge on any atom is 0.257 e. The van der Waals surface area contributed by atoms with Gasteiger partial charge in [-0.3, -0.25) is 4.79 Å². The van der Waals surface area contributed by atoms with E-state index >= 15 is 0 Å². The first-order valence-corrected chi connectivity index (χ1v) is 8.63. The number of benzene rings is 1. The van der Waals surface area contributed by atoms with E-state index in [4.69, 9.17) is 0 Å². The highest BCUT2D eigenvalue weighted by Gasteiger charge is 2.30. The predicted molar refractivity (Wildman–Crippen MR) is 101 cm³/mol. The van der Waals surface area contributed by atoms with E-state index in [1.807, 2.05) is 40.8 Å².